The number of nitrogens with zero attached hydrogens (tertiary/aromatic N) is 2. The Balaban J connectivity index is 1.73. The molecule has 2 N–H and O–H groups in total. The number of anilines is 1. The third kappa shape index (κ3) is 3.94. The minimum Gasteiger partial charge on any atom is -0.325 e. The van der Waals surface area contributed by atoms with Crippen LogP contribution in [0.5, 0.6) is 0 Å². The molecule has 0 bridgehead atoms. The van der Waals surface area contributed by atoms with Gasteiger partial charge >= 0.3 is 6.03 Å². The lowest BCUT2D eigenvalue weighted by atomic mass is 9.87. The molecule has 2 aromatic rings. The summed E-state index contributed by atoms with van der Waals surface area (Å²) in [6.07, 6.45) is 0.515. The molecule has 29 heavy (non-hydrogen) atoms. The van der Waals surface area contributed by atoms with Gasteiger partial charge in [-0.05, 0) is 41.8 Å². The van der Waals surface area contributed by atoms with Crippen molar-refractivity contribution in [3.05, 3.63) is 65.5 Å². The number of nitriles is 1. The van der Waals surface area contributed by atoms with E-state index in [9.17, 15) is 18.8 Å². The predicted molar refractivity (Wildman–Crippen MR) is 103 cm³/mol. The van der Waals surface area contributed by atoms with E-state index in [1.54, 1.807) is 31.2 Å². The number of urea groups is 1. The topological polar surface area (TPSA) is 102 Å². The zero-order chi connectivity index (χ0) is 21.0. The molecule has 1 fully saturated rings. The zero-order valence-corrected chi connectivity index (χ0v) is 15.7. The Labute approximate surface area is 167 Å². The van der Waals surface area contributed by atoms with Gasteiger partial charge in [0.15, 0.2) is 0 Å². The van der Waals surface area contributed by atoms with Crippen LogP contribution in [0.3, 0.4) is 0 Å². The highest BCUT2D eigenvalue weighted by atomic mass is 19.1. The first-order valence-corrected chi connectivity index (χ1v) is 9.05. The summed E-state index contributed by atoms with van der Waals surface area (Å²) >= 11 is 0. The molecule has 1 saturated heterocycles. The fraction of sp³-hybridized carbons (Fsp3) is 0.238. The van der Waals surface area contributed by atoms with Crippen molar-refractivity contribution >= 4 is 23.5 Å². The molecule has 0 aromatic heterocycles. The first-order valence-electron chi connectivity index (χ1n) is 9.05. The van der Waals surface area contributed by atoms with E-state index in [1.165, 1.54) is 24.3 Å². The summed E-state index contributed by atoms with van der Waals surface area (Å²) in [6, 6.07) is 13.4. The number of rotatable bonds is 6. The van der Waals surface area contributed by atoms with Gasteiger partial charge in [-0.3, -0.25) is 14.5 Å². The molecular formula is C21H19FN4O3. The first kappa shape index (κ1) is 20.0. The largest absolute Gasteiger partial charge is 0.325 e. The van der Waals surface area contributed by atoms with E-state index < -0.39 is 35.7 Å². The lowest BCUT2D eigenvalue weighted by Gasteiger charge is -2.25. The van der Waals surface area contributed by atoms with Crippen LogP contribution in [-0.4, -0.2) is 29.3 Å². The smallest absolute Gasteiger partial charge is 0.325 e. The second-order valence-corrected chi connectivity index (χ2v) is 6.67. The van der Waals surface area contributed by atoms with Crippen LogP contribution in [0.1, 0.15) is 24.5 Å². The highest BCUT2D eigenvalue weighted by Gasteiger charge is 2.51. The van der Waals surface area contributed by atoms with Crippen molar-refractivity contribution in [3.63, 3.8) is 0 Å². The monoisotopic (exact) mass is 394 g/mol. The SMILES string of the molecule is CC[C@]1(c2ccc(F)cc2)NC(=O)N(CC(=O)Nc2ccc(CC#N)cc2)C1=O. The molecule has 0 saturated carbocycles. The van der Waals surface area contributed by atoms with E-state index in [-0.39, 0.29) is 12.8 Å². The molecule has 1 heterocycles. The van der Waals surface area contributed by atoms with E-state index in [0.717, 1.165) is 10.5 Å². The summed E-state index contributed by atoms with van der Waals surface area (Å²) in [6.45, 7) is 1.28. The van der Waals surface area contributed by atoms with Gasteiger partial charge < -0.3 is 10.6 Å². The molecule has 2 aromatic carbocycles. The second kappa shape index (κ2) is 8.10. The van der Waals surface area contributed by atoms with Crippen molar-refractivity contribution in [2.75, 3.05) is 11.9 Å². The molecule has 1 aliphatic heterocycles. The van der Waals surface area contributed by atoms with Gasteiger partial charge in [-0.2, -0.15) is 5.26 Å². The fourth-order valence-corrected chi connectivity index (χ4v) is 3.28. The van der Waals surface area contributed by atoms with E-state index in [2.05, 4.69) is 10.6 Å². The van der Waals surface area contributed by atoms with Crippen molar-refractivity contribution < 1.29 is 18.8 Å². The van der Waals surface area contributed by atoms with Crippen LogP contribution in [0, 0.1) is 17.1 Å². The number of carbonyl (C=O) groups is 3. The molecule has 7 nitrogen and oxygen atoms in total. The Morgan fingerprint density at radius 3 is 2.41 bits per heavy atom. The van der Waals surface area contributed by atoms with Crippen LogP contribution in [0.15, 0.2) is 48.5 Å². The van der Waals surface area contributed by atoms with Crippen molar-refractivity contribution in [2.24, 2.45) is 0 Å². The number of imide groups is 1. The highest BCUT2D eigenvalue weighted by Crippen LogP contribution is 2.32. The maximum atomic E-state index is 13.2. The van der Waals surface area contributed by atoms with Crippen LogP contribution in [-0.2, 0) is 21.5 Å². The van der Waals surface area contributed by atoms with Gasteiger partial charge in [0.25, 0.3) is 5.91 Å². The summed E-state index contributed by atoms with van der Waals surface area (Å²) in [4.78, 5) is 38.6. The number of nitrogens with one attached hydrogen (secondary N) is 2. The molecule has 1 atom stereocenters. The van der Waals surface area contributed by atoms with Gasteiger partial charge in [-0.1, -0.05) is 31.2 Å². The number of hydrogen-bond donors (Lipinski definition) is 2. The Morgan fingerprint density at radius 2 is 1.83 bits per heavy atom. The molecule has 148 valence electrons. The molecule has 1 aliphatic rings. The lowest BCUT2D eigenvalue weighted by Crippen LogP contribution is -2.44. The average molecular weight is 394 g/mol. The van der Waals surface area contributed by atoms with Gasteiger partial charge in [0, 0.05) is 5.69 Å². The Hall–Kier alpha value is -3.73. The lowest BCUT2D eigenvalue weighted by molar-refractivity contribution is -0.134. The molecule has 3 rings (SSSR count). The van der Waals surface area contributed by atoms with Gasteiger partial charge in [0.1, 0.15) is 17.9 Å². The maximum Gasteiger partial charge on any atom is 0.325 e. The standard InChI is InChI=1S/C21H19FN4O3/c1-2-21(15-5-7-16(22)8-6-15)19(28)26(20(29)25-21)13-18(27)24-17-9-3-14(4-10-17)11-12-23/h3-10H,2,11,13H2,1H3,(H,24,27)(H,25,29)/t21-/m1/s1. The van der Waals surface area contributed by atoms with Gasteiger partial charge in [0.05, 0.1) is 12.5 Å². The van der Waals surface area contributed by atoms with Crippen LogP contribution in [0.25, 0.3) is 0 Å². The predicted octanol–water partition coefficient (Wildman–Crippen LogP) is 2.69. The second-order valence-electron chi connectivity index (χ2n) is 6.67. The molecule has 4 amide bonds. The van der Waals surface area contributed by atoms with E-state index in [4.69, 9.17) is 5.26 Å². The number of amides is 4. The van der Waals surface area contributed by atoms with Crippen LogP contribution in [0.2, 0.25) is 0 Å². The maximum absolute atomic E-state index is 13.2. The highest BCUT2D eigenvalue weighted by molar-refractivity contribution is 6.10. The van der Waals surface area contributed by atoms with Crippen molar-refractivity contribution in [3.8, 4) is 6.07 Å². The van der Waals surface area contributed by atoms with Crippen LogP contribution >= 0.6 is 0 Å². The number of halogens is 1. The molecule has 0 aliphatic carbocycles. The molecule has 0 spiro atoms. The summed E-state index contributed by atoms with van der Waals surface area (Å²) in [5.74, 6) is -1.54. The third-order valence-corrected chi connectivity index (χ3v) is 4.87. The summed E-state index contributed by atoms with van der Waals surface area (Å²) < 4.78 is 13.2. The van der Waals surface area contributed by atoms with Gasteiger partial charge in [-0.25, -0.2) is 9.18 Å². The summed E-state index contributed by atoms with van der Waals surface area (Å²) in [5.41, 5.74) is 0.427. The molecular weight excluding hydrogens is 375 g/mol. The fourth-order valence-electron chi connectivity index (χ4n) is 3.28. The van der Waals surface area contributed by atoms with Gasteiger partial charge in [0.2, 0.25) is 5.91 Å². The molecule has 0 radical (unpaired) electrons. The minimum absolute atomic E-state index is 0.252. The number of hydrogen-bond acceptors (Lipinski definition) is 4. The Bertz CT molecular complexity index is 982. The van der Waals surface area contributed by atoms with Crippen molar-refractivity contribution in [1.29, 1.82) is 5.26 Å². The normalized spacial score (nSPS) is 18.3. The van der Waals surface area contributed by atoms with Crippen LogP contribution in [0.4, 0.5) is 14.9 Å². The van der Waals surface area contributed by atoms with Crippen molar-refractivity contribution in [2.45, 2.75) is 25.3 Å². The van der Waals surface area contributed by atoms with E-state index >= 15 is 0 Å². The summed E-state index contributed by atoms with van der Waals surface area (Å²) in [5, 5.41) is 14.0. The summed E-state index contributed by atoms with van der Waals surface area (Å²) in [7, 11) is 0. The zero-order valence-electron chi connectivity index (χ0n) is 15.7. The quantitative estimate of drug-likeness (QED) is 0.736. The van der Waals surface area contributed by atoms with Gasteiger partial charge in [-0.15, -0.1) is 0 Å². The number of benzene rings is 2. The molecule has 8 heteroatoms. The Morgan fingerprint density at radius 1 is 1.17 bits per heavy atom. The van der Waals surface area contributed by atoms with E-state index in [1.807, 2.05) is 6.07 Å². The third-order valence-electron chi connectivity index (χ3n) is 4.87. The Kier molecular flexibility index (Phi) is 5.59. The van der Waals surface area contributed by atoms with Crippen molar-refractivity contribution in [1.82, 2.24) is 10.2 Å². The molecule has 0 unspecified atom stereocenters. The first-order chi connectivity index (χ1) is 13.9. The minimum atomic E-state index is -1.33. The average Bonchev–Trinajstić information content (AvgIpc) is 2.95. The number of carbonyl (C=O) groups excluding carboxylic acids is 3. The van der Waals surface area contributed by atoms with E-state index in [0.29, 0.717) is 11.3 Å². The van der Waals surface area contributed by atoms with Crippen LogP contribution < -0.4 is 10.6 Å².